The fourth-order valence-electron chi connectivity index (χ4n) is 4.79. The highest BCUT2D eigenvalue weighted by molar-refractivity contribution is 5.73. The van der Waals surface area contributed by atoms with Gasteiger partial charge in [0.25, 0.3) is 0 Å². The second-order valence-corrected chi connectivity index (χ2v) is 9.71. The zero-order valence-corrected chi connectivity index (χ0v) is 20.8. The van der Waals surface area contributed by atoms with Gasteiger partial charge in [0.1, 0.15) is 11.6 Å². The van der Waals surface area contributed by atoms with E-state index in [0.29, 0.717) is 29.4 Å². The second kappa shape index (κ2) is 12.1. The van der Waals surface area contributed by atoms with Gasteiger partial charge in [-0.3, -0.25) is 0 Å². The fraction of sp³-hybridized carbons (Fsp3) is 0.312. The van der Waals surface area contributed by atoms with Gasteiger partial charge >= 0.3 is 0 Å². The third kappa shape index (κ3) is 6.29. The molecule has 1 fully saturated rings. The van der Waals surface area contributed by atoms with Crippen molar-refractivity contribution in [2.24, 2.45) is 5.92 Å². The van der Waals surface area contributed by atoms with E-state index in [9.17, 15) is 13.2 Å². The number of benzene rings is 3. The van der Waals surface area contributed by atoms with Gasteiger partial charge in [0, 0.05) is 17.2 Å². The van der Waals surface area contributed by atoms with Gasteiger partial charge in [-0.05, 0) is 66.3 Å². The highest BCUT2D eigenvalue weighted by Crippen LogP contribution is 2.37. The maximum absolute atomic E-state index is 14.8. The van der Waals surface area contributed by atoms with Crippen molar-refractivity contribution in [3.05, 3.63) is 101 Å². The van der Waals surface area contributed by atoms with Crippen LogP contribution in [0.5, 0.6) is 5.75 Å². The summed E-state index contributed by atoms with van der Waals surface area (Å²) in [4.78, 5) is 0. The molecular formula is C32H33F3O. The lowest BCUT2D eigenvalue weighted by Gasteiger charge is -2.27. The molecule has 1 saturated carbocycles. The quantitative estimate of drug-likeness (QED) is 0.165. The molecule has 36 heavy (non-hydrogen) atoms. The molecule has 0 N–H and O–H groups in total. The van der Waals surface area contributed by atoms with E-state index in [2.05, 4.69) is 13.5 Å². The fourth-order valence-corrected chi connectivity index (χ4v) is 4.79. The van der Waals surface area contributed by atoms with Gasteiger partial charge in [0.15, 0.2) is 11.6 Å². The lowest BCUT2D eigenvalue weighted by Crippen LogP contribution is -2.13. The van der Waals surface area contributed by atoms with Crippen LogP contribution in [0.1, 0.15) is 68.1 Å². The Balaban J connectivity index is 1.43. The van der Waals surface area contributed by atoms with Crippen LogP contribution in [0.3, 0.4) is 0 Å². The number of halogens is 3. The Morgan fingerprint density at radius 2 is 1.64 bits per heavy atom. The van der Waals surface area contributed by atoms with Crippen LogP contribution in [0.4, 0.5) is 13.2 Å². The molecule has 0 aliphatic heterocycles. The van der Waals surface area contributed by atoms with Gasteiger partial charge in [-0.2, -0.15) is 0 Å². The summed E-state index contributed by atoms with van der Waals surface area (Å²) in [5.41, 5.74) is 2.73. The molecule has 0 atom stereocenters. The van der Waals surface area contributed by atoms with Crippen molar-refractivity contribution in [2.45, 2.75) is 51.4 Å². The largest absolute Gasteiger partial charge is 0.493 e. The first-order valence-electron chi connectivity index (χ1n) is 12.8. The molecule has 0 bridgehead atoms. The minimum atomic E-state index is -0.798. The molecule has 0 saturated heterocycles. The molecule has 3 aromatic rings. The van der Waals surface area contributed by atoms with Crippen molar-refractivity contribution in [1.82, 2.24) is 0 Å². The summed E-state index contributed by atoms with van der Waals surface area (Å²) < 4.78 is 49.9. The van der Waals surface area contributed by atoms with Gasteiger partial charge in [-0.15, -0.1) is 6.58 Å². The molecule has 1 aliphatic rings. The maximum Gasteiger partial charge on any atom is 0.166 e. The van der Waals surface area contributed by atoms with Crippen molar-refractivity contribution in [2.75, 3.05) is 6.61 Å². The van der Waals surface area contributed by atoms with Gasteiger partial charge in [0.05, 0.1) is 6.61 Å². The van der Waals surface area contributed by atoms with Crippen LogP contribution in [0.25, 0.3) is 23.3 Å². The summed E-state index contributed by atoms with van der Waals surface area (Å²) in [5.74, 6) is -0.629. The first-order valence-corrected chi connectivity index (χ1v) is 12.8. The summed E-state index contributed by atoms with van der Waals surface area (Å²) in [6.45, 7) is 6.40. The van der Waals surface area contributed by atoms with Crippen LogP contribution in [-0.4, -0.2) is 6.61 Å². The van der Waals surface area contributed by atoms with E-state index in [1.165, 1.54) is 6.07 Å². The first-order chi connectivity index (χ1) is 17.5. The lowest BCUT2D eigenvalue weighted by atomic mass is 9.79. The van der Waals surface area contributed by atoms with E-state index in [1.54, 1.807) is 36.4 Å². The molecule has 1 nitrogen and oxygen atoms in total. The van der Waals surface area contributed by atoms with E-state index in [-0.39, 0.29) is 17.3 Å². The molecule has 3 aromatic carbocycles. The van der Waals surface area contributed by atoms with Crippen LogP contribution in [0.15, 0.2) is 67.3 Å². The maximum atomic E-state index is 14.8. The van der Waals surface area contributed by atoms with Crippen LogP contribution in [0, 0.1) is 23.4 Å². The molecule has 188 valence electrons. The summed E-state index contributed by atoms with van der Waals surface area (Å²) in [5, 5.41) is 0. The Hall–Kier alpha value is -3.27. The second-order valence-electron chi connectivity index (χ2n) is 9.71. The summed E-state index contributed by atoms with van der Waals surface area (Å²) in [6.07, 6.45) is 10.8. The number of unbranched alkanes of at least 4 members (excludes halogenated alkanes) is 1. The van der Waals surface area contributed by atoms with E-state index in [0.717, 1.165) is 49.7 Å². The summed E-state index contributed by atoms with van der Waals surface area (Å²) >= 11 is 0. The Kier molecular flexibility index (Phi) is 8.69. The zero-order chi connectivity index (χ0) is 25.5. The summed E-state index contributed by atoms with van der Waals surface area (Å²) in [7, 11) is 0. The van der Waals surface area contributed by atoms with E-state index in [1.807, 2.05) is 30.3 Å². The number of rotatable bonds is 9. The molecule has 0 amide bonds. The molecule has 1 aliphatic carbocycles. The molecule has 0 spiro atoms. The van der Waals surface area contributed by atoms with Crippen LogP contribution in [-0.2, 0) is 0 Å². The monoisotopic (exact) mass is 490 g/mol. The summed E-state index contributed by atoms with van der Waals surface area (Å²) in [6, 6.07) is 15.5. The molecule has 0 heterocycles. The van der Waals surface area contributed by atoms with Gasteiger partial charge in [-0.25, -0.2) is 13.2 Å². The molecule has 4 heteroatoms. The van der Waals surface area contributed by atoms with Crippen LogP contribution >= 0.6 is 0 Å². The minimum Gasteiger partial charge on any atom is -0.493 e. The van der Waals surface area contributed by atoms with Crippen molar-refractivity contribution >= 4 is 12.2 Å². The van der Waals surface area contributed by atoms with E-state index >= 15 is 0 Å². The number of hydrogen-bond donors (Lipinski definition) is 0. The van der Waals surface area contributed by atoms with Gasteiger partial charge in [-0.1, -0.05) is 74.4 Å². The predicted molar refractivity (Wildman–Crippen MR) is 142 cm³/mol. The van der Waals surface area contributed by atoms with Gasteiger partial charge < -0.3 is 4.74 Å². The third-order valence-corrected chi connectivity index (χ3v) is 7.04. The normalized spacial score (nSPS) is 17.9. The van der Waals surface area contributed by atoms with Crippen molar-refractivity contribution in [3.8, 4) is 16.9 Å². The smallest absolute Gasteiger partial charge is 0.166 e. The molecule has 0 radical (unpaired) electrons. The Labute approximate surface area is 212 Å². The van der Waals surface area contributed by atoms with Gasteiger partial charge in [0.2, 0.25) is 0 Å². The van der Waals surface area contributed by atoms with E-state index in [4.69, 9.17) is 4.74 Å². The Bertz CT molecular complexity index is 1200. The standard InChI is InChI=1S/C32H33F3O/c1-3-4-5-20-36-27-17-19-28(30(33)21-27)24-13-8-23(9-14-24)10-15-26-16-18-29(32(35)31(26)34)25-11-6-22(2)7-12-25/h3,8-10,13-19,21-22,25H,1,4-7,11-12,20H2,2H3/b15-10+. The zero-order valence-electron chi connectivity index (χ0n) is 20.8. The van der Waals surface area contributed by atoms with Crippen LogP contribution in [0.2, 0.25) is 0 Å². The average Bonchev–Trinajstić information content (AvgIpc) is 2.89. The topological polar surface area (TPSA) is 9.23 Å². The predicted octanol–water partition coefficient (Wildman–Crippen LogP) is 9.58. The van der Waals surface area contributed by atoms with Crippen LogP contribution < -0.4 is 4.74 Å². The number of allylic oxidation sites excluding steroid dienone is 1. The minimum absolute atomic E-state index is 0.0968. The molecule has 0 unspecified atom stereocenters. The van der Waals surface area contributed by atoms with Crippen molar-refractivity contribution in [3.63, 3.8) is 0 Å². The number of hydrogen-bond acceptors (Lipinski definition) is 1. The molecular weight excluding hydrogens is 457 g/mol. The SMILES string of the molecule is C=CCCCOc1ccc(-c2ccc(/C=C/c3ccc(C4CCC(C)CC4)c(F)c3F)cc2)c(F)c1. The Morgan fingerprint density at radius 3 is 2.33 bits per heavy atom. The van der Waals surface area contributed by atoms with Crippen molar-refractivity contribution in [1.29, 1.82) is 0 Å². The lowest BCUT2D eigenvalue weighted by molar-refractivity contribution is 0.310. The number of ether oxygens (including phenoxy) is 1. The first kappa shape index (κ1) is 25.8. The highest BCUT2D eigenvalue weighted by Gasteiger charge is 2.24. The Morgan fingerprint density at radius 1 is 0.889 bits per heavy atom. The molecule has 0 aromatic heterocycles. The van der Waals surface area contributed by atoms with E-state index < -0.39 is 11.6 Å². The highest BCUT2D eigenvalue weighted by atomic mass is 19.2. The molecule has 4 rings (SSSR count). The third-order valence-electron chi connectivity index (χ3n) is 7.04. The average molecular weight is 491 g/mol. The van der Waals surface area contributed by atoms with Crippen molar-refractivity contribution < 1.29 is 17.9 Å².